The fourth-order valence-corrected chi connectivity index (χ4v) is 3.43. The molecule has 2 amide bonds. The zero-order valence-electron chi connectivity index (χ0n) is 15.2. The summed E-state index contributed by atoms with van der Waals surface area (Å²) in [5.41, 5.74) is 4.30. The topological polar surface area (TPSA) is 71.8 Å². The van der Waals surface area contributed by atoms with Crippen molar-refractivity contribution in [1.82, 2.24) is 20.1 Å². The molecule has 0 aliphatic carbocycles. The Kier molecular flexibility index (Phi) is 5.08. The molecule has 0 radical (unpaired) electrons. The summed E-state index contributed by atoms with van der Waals surface area (Å²) in [6.07, 6.45) is 1.91. The molecular weight excluding hydrogens is 418 g/mol. The van der Waals surface area contributed by atoms with Crippen molar-refractivity contribution in [2.45, 2.75) is 6.54 Å². The van der Waals surface area contributed by atoms with Crippen LogP contribution in [0.5, 0.6) is 0 Å². The molecule has 2 aromatic carbocycles. The normalized spacial score (nSPS) is 10.8. The van der Waals surface area contributed by atoms with E-state index in [-0.39, 0.29) is 6.03 Å². The number of para-hydroxylation sites is 1. The highest BCUT2D eigenvalue weighted by Gasteiger charge is 2.12. The van der Waals surface area contributed by atoms with Gasteiger partial charge in [0.1, 0.15) is 4.60 Å². The van der Waals surface area contributed by atoms with Gasteiger partial charge in [0.25, 0.3) is 0 Å². The molecule has 6 nitrogen and oxygen atoms in total. The number of halogens is 1. The molecule has 0 bridgehead atoms. The molecule has 7 heteroatoms. The maximum atomic E-state index is 12.4. The number of nitrogens with zero attached hydrogens (tertiary/aromatic N) is 3. The molecule has 4 rings (SSSR count). The molecule has 2 heterocycles. The van der Waals surface area contributed by atoms with Gasteiger partial charge in [-0.15, -0.1) is 0 Å². The number of rotatable bonds is 4. The molecule has 28 heavy (non-hydrogen) atoms. The molecule has 0 saturated carbocycles. The smallest absolute Gasteiger partial charge is 0.319 e. The Morgan fingerprint density at radius 1 is 1.11 bits per heavy atom. The zero-order valence-corrected chi connectivity index (χ0v) is 16.8. The standard InChI is InChI=1S/C21H18BrN5O/c1-27-13-16(19(26-27)14-7-3-2-4-8-14)12-23-21(28)25-18-11-15-9-5-6-10-17(15)24-20(18)22/h2-11,13H,12H2,1H3,(H2,23,25,28). The van der Waals surface area contributed by atoms with Crippen molar-refractivity contribution in [3.8, 4) is 11.3 Å². The van der Waals surface area contributed by atoms with Crippen LogP contribution in [0.4, 0.5) is 10.5 Å². The molecule has 140 valence electrons. The van der Waals surface area contributed by atoms with Crippen LogP contribution in [0, 0.1) is 0 Å². The van der Waals surface area contributed by atoms with Gasteiger partial charge in [-0.05, 0) is 28.1 Å². The van der Waals surface area contributed by atoms with E-state index in [0.29, 0.717) is 16.8 Å². The van der Waals surface area contributed by atoms with Crippen molar-refractivity contribution < 1.29 is 4.79 Å². The van der Waals surface area contributed by atoms with Crippen LogP contribution >= 0.6 is 15.9 Å². The van der Waals surface area contributed by atoms with Crippen molar-refractivity contribution in [3.05, 3.63) is 77.0 Å². The van der Waals surface area contributed by atoms with Gasteiger partial charge in [0.15, 0.2) is 0 Å². The van der Waals surface area contributed by atoms with Crippen molar-refractivity contribution in [3.63, 3.8) is 0 Å². The first-order valence-electron chi connectivity index (χ1n) is 8.78. The van der Waals surface area contributed by atoms with Crippen molar-refractivity contribution in [1.29, 1.82) is 0 Å². The number of urea groups is 1. The lowest BCUT2D eigenvalue weighted by atomic mass is 10.1. The van der Waals surface area contributed by atoms with Crippen molar-refractivity contribution in [2.75, 3.05) is 5.32 Å². The van der Waals surface area contributed by atoms with Gasteiger partial charge in [0, 0.05) is 36.3 Å². The predicted octanol–water partition coefficient (Wildman–Crippen LogP) is 4.72. The fourth-order valence-electron chi connectivity index (χ4n) is 3.03. The quantitative estimate of drug-likeness (QED) is 0.455. The summed E-state index contributed by atoms with van der Waals surface area (Å²) in [6, 6.07) is 19.3. The van der Waals surface area contributed by atoms with Crippen LogP contribution in [0.15, 0.2) is 71.5 Å². The van der Waals surface area contributed by atoms with Gasteiger partial charge in [-0.25, -0.2) is 9.78 Å². The van der Waals surface area contributed by atoms with Gasteiger partial charge < -0.3 is 10.6 Å². The average molecular weight is 436 g/mol. The number of benzene rings is 2. The highest BCUT2D eigenvalue weighted by Crippen LogP contribution is 2.25. The number of aromatic nitrogens is 3. The Balaban J connectivity index is 1.48. The molecule has 2 aromatic heterocycles. The molecule has 0 aliphatic heterocycles. The number of aryl methyl sites for hydroxylation is 1. The second-order valence-corrected chi connectivity index (χ2v) is 7.12. The number of anilines is 1. The summed E-state index contributed by atoms with van der Waals surface area (Å²) in [6.45, 7) is 0.364. The largest absolute Gasteiger partial charge is 0.334 e. The van der Waals surface area contributed by atoms with E-state index < -0.39 is 0 Å². The van der Waals surface area contributed by atoms with Crippen LogP contribution in [0.3, 0.4) is 0 Å². The first kappa shape index (κ1) is 18.2. The molecule has 2 N–H and O–H groups in total. The number of carbonyl (C=O) groups is 1. The van der Waals surface area contributed by atoms with Crippen LogP contribution in [-0.4, -0.2) is 20.8 Å². The molecular formula is C21H18BrN5O. The molecule has 0 unspecified atom stereocenters. The minimum absolute atomic E-state index is 0.305. The summed E-state index contributed by atoms with van der Waals surface area (Å²) in [5.74, 6) is 0. The number of hydrogen-bond acceptors (Lipinski definition) is 3. The third-order valence-corrected chi connectivity index (χ3v) is 4.92. The van der Waals surface area contributed by atoms with Crippen LogP contribution in [-0.2, 0) is 13.6 Å². The van der Waals surface area contributed by atoms with E-state index in [0.717, 1.165) is 27.7 Å². The molecule has 0 fully saturated rings. The first-order valence-corrected chi connectivity index (χ1v) is 9.57. The van der Waals surface area contributed by atoms with E-state index in [1.54, 1.807) is 4.68 Å². The maximum absolute atomic E-state index is 12.4. The summed E-state index contributed by atoms with van der Waals surface area (Å²) in [5, 5.41) is 11.2. The SMILES string of the molecule is Cn1cc(CNC(=O)Nc2cc3ccccc3nc2Br)c(-c2ccccc2)n1. The minimum atomic E-state index is -0.305. The van der Waals surface area contributed by atoms with Gasteiger partial charge in [-0.1, -0.05) is 48.5 Å². The van der Waals surface area contributed by atoms with Gasteiger partial charge >= 0.3 is 6.03 Å². The Bertz CT molecular complexity index is 1140. The number of carbonyl (C=O) groups excluding carboxylic acids is 1. The Morgan fingerprint density at radius 2 is 1.86 bits per heavy atom. The van der Waals surface area contributed by atoms with Crippen LogP contribution in [0.1, 0.15) is 5.56 Å². The Labute approximate surface area is 170 Å². The van der Waals surface area contributed by atoms with E-state index in [4.69, 9.17) is 0 Å². The third-order valence-electron chi connectivity index (χ3n) is 4.32. The Hall–Kier alpha value is -3.19. The summed E-state index contributed by atoms with van der Waals surface area (Å²) in [7, 11) is 1.87. The van der Waals surface area contributed by atoms with E-state index in [1.807, 2.05) is 73.9 Å². The van der Waals surface area contributed by atoms with Gasteiger partial charge in [-0.2, -0.15) is 5.10 Å². The Morgan fingerprint density at radius 3 is 2.68 bits per heavy atom. The van der Waals surface area contributed by atoms with E-state index in [9.17, 15) is 4.79 Å². The number of pyridine rings is 1. The van der Waals surface area contributed by atoms with Crippen molar-refractivity contribution >= 4 is 38.6 Å². The fraction of sp³-hybridized carbons (Fsp3) is 0.0952. The van der Waals surface area contributed by atoms with Crippen LogP contribution in [0.25, 0.3) is 22.2 Å². The van der Waals surface area contributed by atoms with Crippen molar-refractivity contribution in [2.24, 2.45) is 7.05 Å². The summed E-state index contributed by atoms with van der Waals surface area (Å²) < 4.78 is 2.34. The molecule has 0 aliphatic rings. The molecule has 0 atom stereocenters. The molecule has 0 spiro atoms. The zero-order chi connectivity index (χ0) is 19.5. The van der Waals surface area contributed by atoms with Crippen LogP contribution < -0.4 is 10.6 Å². The monoisotopic (exact) mass is 435 g/mol. The number of nitrogens with one attached hydrogen (secondary N) is 2. The average Bonchev–Trinajstić information content (AvgIpc) is 3.08. The van der Waals surface area contributed by atoms with E-state index in [2.05, 4.69) is 36.6 Å². The number of hydrogen-bond donors (Lipinski definition) is 2. The van der Waals surface area contributed by atoms with Gasteiger partial charge in [0.05, 0.1) is 16.9 Å². The van der Waals surface area contributed by atoms with Crippen LogP contribution in [0.2, 0.25) is 0 Å². The first-order chi connectivity index (χ1) is 13.6. The highest BCUT2D eigenvalue weighted by atomic mass is 79.9. The predicted molar refractivity (Wildman–Crippen MR) is 114 cm³/mol. The molecule has 4 aromatic rings. The molecule has 0 saturated heterocycles. The van der Waals surface area contributed by atoms with E-state index >= 15 is 0 Å². The second kappa shape index (κ2) is 7.82. The van der Waals surface area contributed by atoms with E-state index in [1.165, 1.54) is 0 Å². The highest BCUT2D eigenvalue weighted by molar-refractivity contribution is 9.10. The lowest BCUT2D eigenvalue weighted by Crippen LogP contribution is -2.28. The third kappa shape index (κ3) is 3.89. The second-order valence-electron chi connectivity index (χ2n) is 6.37. The van der Waals surface area contributed by atoms with Gasteiger partial charge in [-0.3, -0.25) is 4.68 Å². The summed E-state index contributed by atoms with van der Waals surface area (Å²) >= 11 is 3.42. The number of amides is 2. The lowest BCUT2D eigenvalue weighted by Gasteiger charge is -2.10. The van der Waals surface area contributed by atoms with Gasteiger partial charge in [0.2, 0.25) is 0 Å². The summed E-state index contributed by atoms with van der Waals surface area (Å²) in [4.78, 5) is 16.9. The maximum Gasteiger partial charge on any atom is 0.319 e. The minimum Gasteiger partial charge on any atom is -0.334 e. The number of fused-ring (bicyclic) bond motifs is 1. The lowest BCUT2D eigenvalue weighted by molar-refractivity contribution is 0.251.